The summed E-state index contributed by atoms with van der Waals surface area (Å²) >= 11 is 0. The van der Waals surface area contributed by atoms with Crippen molar-refractivity contribution in [1.29, 1.82) is 5.41 Å². The third-order valence-corrected chi connectivity index (χ3v) is 3.43. The van der Waals surface area contributed by atoms with Crippen LogP contribution >= 0.6 is 0 Å². The average molecular weight is 400 g/mol. The molecule has 0 aliphatic rings. The molecular formula is C15H26N7O6. The molecular weight excluding hydrogens is 374 g/mol. The largest absolute Gasteiger partial charge is 0.394 e. The monoisotopic (exact) mass is 400 g/mol. The molecule has 0 aromatic heterocycles. The van der Waals surface area contributed by atoms with Gasteiger partial charge in [0.1, 0.15) is 6.04 Å². The second kappa shape index (κ2) is 13.2. The van der Waals surface area contributed by atoms with Gasteiger partial charge in [0.05, 0.1) is 25.7 Å². The van der Waals surface area contributed by atoms with Crippen LogP contribution in [0, 0.1) is 5.41 Å². The first-order chi connectivity index (χ1) is 13.1. The van der Waals surface area contributed by atoms with Crippen molar-refractivity contribution in [3.8, 4) is 0 Å². The van der Waals surface area contributed by atoms with E-state index >= 15 is 0 Å². The van der Waals surface area contributed by atoms with Crippen molar-refractivity contribution < 1.29 is 29.1 Å². The fourth-order valence-corrected chi connectivity index (χ4v) is 2.04. The van der Waals surface area contributed by atoms with Crippen LogP contribution in [-0.2, 0) is 24.0 Å². The molecule has 0 aromatic carbocycles. The number of carbonyl (C=O) groups is 4. The predicted molar refractivity (Wildman–Crippen MR) is 97.2 cm³/mol. The number of nitrogens with one attached hydrogen (secondary N) is 4. The van der Waals surface area contributed by atoms with Crippen LogP contribution in [-0.4, -0.2) is 84.2 Å². The smallest absolute Gasteiger partial charge is 0.249 e. The second-order valence-corrected chi connectivity index (χ2v) is 5.68. The zero-order valence-corrected chi connectivity index (χ0v) is 15.5. The van der Waals surface area contributed by atoms with Crippen molar-refractivity contribution in [2.24, 2.45) is 11.5 Å². The fraction of sp³-hybridized carbons (Fsp3) is 0.600. The molecule has 0 aliphatic heterocycles. The van der Waals surface area contributed by atoms with Crippen LogP contribution in [0.4, 0.5) is 0 Å². The van der Waals surface area contributed by atoms with E-state index in [1.54, 1.807) is 0 Å². The van der Waals surface area contributed by atoms with Gasteiger partial charge in [0.15, 0.2) is 5.96 Å². The van der Waals surface area contributed by atoms with E-state index in [9.17, 15) is 24.0 Å². The number of hydrogen-bond acceptors (Lipinski definition) is 8. The van der Waals surface area contributed by atoms with Gasteiger partial charge in [-0.25, -0.2) is 0 Å². The van der Waals surface area contributed by atoms with Crippen LogP contribution in [0.25, 0.3) is 0 Å². The Kier molecular flexibility index (Phi) is 11.7. The van der Waals surface area contributed by atoms with E-state index in [0.29, 0.717) is 24.3 Å². The Morgan fingerprint density at radius 3 is 2.32 bits per heavy atom. The molecule has 0 bridgehead atoms. The molecule has 4 amide bonds. The number of aliphatic hydroxyl groups excluding tert-OH is 1. The summed E-state index contributed by atoms with van der Waals surface area (Å²) in [5, 5.41) is 23.0. The van der Waals surface area contributed by atoms with Gasteiger partial charge in [0.25, 0.3) is 0 Å². The first kappa shape index (κ1) is 24.9. The van der Waals surface area contributed by atoms with Gasteiger partial charge in [-0.1, -0.05) is 0 Å². The summed E-state index contributed by atoms with van der Waals surface area (Å²) in [6, 6.07) is -2.33. The first-order valence-corrected chi connectivity index (χ1v) is 8.33. The Morgan fingerprint density at radius 2 is 1.82 bits per heavy atom. The van der Waals surface area contributed by atoms with E-state index < -0.39 is 55.4 Å². The number of nitrogens with zero attached hydrogens (tertiary/aromatic N) is 1. The lowest BCUT2D eigenvalue weighted by Crippen LogP contribution is -2.51. The van der Waals surface area contributed by atoms with Gasteiger partial charge >= 0.3 is 0 Å². The van der Waals surface area contributed by atoms with Crippen LogP contribution in [0.1, 0.15) is 19.8 Å². The van der Waals surface area contributed by atoms with E-state index in [1.807, 2.05) is 0 Å². The Balaban J connectivity index is 4.31. The lowest BCUT2D eigenvalue weighted by atomic mass is 10.1. The van der Waals surface area contributed by atoms with Gasteiger partial charge in [0.2, 0.25) is 29.9 Å². The lowest BCUT2D eigenvalue weighted by Gasteiger charge is -2.23. The number of nitrogens with two attached hydrogens (primary N) is 2. The van der Waals surface area contributed by atoms with Gasteiger partial charge in [-0.05, 0) is 12.8 Å². The highest BCUT2D eigenvalue weighted by molar-refractivity contribution is 5.99. The zero-order chi connectivity index (χ0) is 21.7. The molecule has 0 rings (SSSR count). The maximum absolute atomic E-state index is 12.0. The summed E-state index contributed by atoms with van der Waals surface area (Å²) in [7, 11) is 0. The van der Waals surface area contributed by atoms with Gasteiger partial charge < -0.3 is 32.5 Å². The molecule has 0 saturated heterocycles. The summed E-state index contributed by atoms with van der Waals surface area (Å²) < 4.78 is 0. The summed E-state index contributed by atoms with van der Waals surface area (Å²) in [5.74, 6) is -3.19. The van der Waals surface area contributed by atoms with Gasteiger partial charge in [-0.3, -0.25) is 34.3 Å². The molecule has 13 nitrogen and oxygen atoms in total. The van der Waals surface area contributed by atoms with Crippen LogP contribution in [0.15, 0.2) is 0 Å². The van der Waals surface area contributed by atoms with E-state index in [4.69, 9.17) is 22.0 Å². The molecule has 0 heterocycles. The standard InChI is InChI=1S/C15H26N7O6/c1-9(25)22(10(7-23)8-24)13(27)6-20-12(26)5-21-14(28)11(16)3-2-4-19-15(17)18/h10-11,23H,2-7,16H2,1H3,(H,20,26)(H,21,28)(H4,17,18,19)/t10-,11-/m0/s1. The number of amides is 4. The lowest BCUT2D eigenvalue weighted by molar-refractivity contribution is -0.145. The molecule has 0 saturated carbocycles. The molecule has 157 valence electrons. The highest BCUT2D eigenvalue weighted by Crippen LogP contribution is 1.98. The minimum atomic E-state index is -1.46. The van der Waals surface area contributed by atoms with Crippen LogP contribution in [0.2, 0.25) is 0 Å². The Bertz CT molecular complexity index is 597. The SMILES string of the molecule is CC(=O)N(C(=O)CNC(=O)CNC(=O)[C@@H](N)CCCNC(=N)N)[C@H]([C]=O)CO. The maximum Gasteiger partial charge on any atom is 0.249 e. The van der Waals surface area contributed by atoms with Crippen molar-refractivity contribution in [2.45, 2.75) is 31.8 Å². The third kappa shape index (κ3) is 9.59. The molecule has 0 aromatic rings. The summed E-state index contributed by atoms with van der Waals surface area (Å²) in [6.45, 7) is -0.464. The Hall–Kier alpha value is -3.06. The van der Waals surface area contributed by atoms with Crippen molar-refractivity contribution in [3.05, 3.63) is 0 Å². The highest BCUT2D eigenvalue weighted by atomic mass is 16.3. The average Bonchev–Trinajstić information content (AvgIpc) is 2.64. The summed E-state index contributed by atoms with van der Waals surface area (Å²) in [6.07, 6.45) is 2.14. The molecule has 9 N–H and O–H groups in total. The predicted octanol–water partition coefficient (Wildman–Crippen LogP) is -4.34. The molecule has 0 fully saturated rings. The third-order valence-electron chi connectivity index (χ3n) is 3.43. The van der Waals surface area contributed by atoms with Crippen molar-refractivity contribution in [3.63, 3.8) is 0 Å². The number of guanidine groups is 1. The van der Waals surface area contributed by atoms with Gasteiger partial charge in [-0.2, -0.15) is 0 Å². The van der Waals surface area contributed by atoms with Crippen LogP contribution < -0.4 is 27.4 Å². The van der Waals surface area contributed by atoms with E-state index in [-0.39, 0.29) is 5.96 Å². The van der Waals surface area contributed by atoms with E-state index in [2.05, 4.69) is 16.0 Å². The fourth-order valence-electron chi connectivity index (χ4n) is 2.04. The van der Waals surface area contributed by atoms with Crippen LogP contribution in [0.5, 0.6) is 0 Å². The van der Waals surface area contributed by atoms with E-state index in [1.165, 1.54) is 6.29 Å². The van der Waals surface area contributed by atoms with E-state index in [0.717, 1.165) is 6.92 Å². The molecule has 28 heavy (non-hydrogen) atoms. The molecule has 0 unspecified atom stereocenters. The summed E-state index contributed by atoms with van der Waals surface area (Å²) in [4.78, 5) is 58.1. The first-order valence-electron chi connectivity index (χ1n) is 8.33. The Labute approximate surface area is 161 Å². The second-order valence-electron chi connectivity index (χ2n) is 5.68. The number of hydrogen-bond donors (Lipinski definition) is 7. The molecule has 0 aliphatic carbocycles. The topological polar surface area (TPSA) is 221 Å². The minimum Gasteiger partial charge on any atom is -0.394 e. The van der Waals surface area contributed by atoms with Gasteiger partial charge in [-0.15, -0.1) is 0 Å². The Morgan fingerprint density at radius 1 is 1.18 bits per heavy atom. The van der Waals surface area contributed by atoms with Crippen molar-refractivity contribution >= 4 is 35.9 Å². The number of carbonyl (C=O) groups excluding carboxylic acids is 5. The number of aliphatic hydroxyl groups is 1. The van der Waals surface area contributed by atoms with Gasteiger partial charge in [0, 0.05) is 13.5 Å². The number of imide groups is 1. The minimum absolute atomic E-state index is 0.191. The quantitative estimate of drug-likeness (QED) is 0.0954. The molecule has 2 atom stereocenters. The normalized spacial score (nSPS) is 12.2. The maximum atomic E-state index is 12.0. The van der Waals surface area contributed by atoms with Crippen molar-refractivity contribution in [1.82, 2.24) is 20.9 Å². The molecule has 0 spiro atoms. The summed E-state index contributed by atoms with van der Waals surface area (Å²) in [5.41, 5.74) is 10.8. The van der Waals surface area contributed by atoms with Crippen LogP contribution in [0.3, 0.4) is 0 Å². The highest BCUT2D eigenvalue weighted by Gasteiger charge is 2.27. The van der Waals surface area contributed by atoms with Crippen molar-refractivity contribution in [2.75, 3.05) is 26.2 Å². The number of rotatable bonds is 12. The molecule has 13 heteroatoms. The zero-order valence-electron chi connectivity index (χ0n) is 15.5. The molecule has 1 radical (unpaired) electrons.